The van der Waals surface area contributed by atoms with Crippen LogP contribution < -0.4 is 5.32 Å². The molecule has 1 N–H and O–H groups in total. The fourth-order valence-corrected chi connectivity index (χ4v) is 1.45. The Kier molecular flexibility index (Phi) is 2.08. The van der Waals surface area contributed by atoms with E-state index in [0.29, 0.717) is 5.92 Å². The summed E-state index contributed by atoms with van der Waals surface area (Å²) in [6.07, 6.45) is 0. The van der Waals surface area contributed by atoms with Gasteiger partial charge in [-0.3, -0.25) is 0 Å². The highest BCUT2D eigenvalue weighted by atomic mass is 14.9. The molecule has 1 heteroatoms. The number of nitrogens with one attached hydrogen (secondary N) is 1. The average Bonchev–Trinajstić information content (AvgIpc) is 1.97. The van der Waals surface area contributed by atoms with Crippen LogP contribution in [0.5, 0.6) is 0 Å². The van der Waals surface area contributed by atoms with Gasteiger partial charge >= 0.3 is 0 Å². The Morgan fingerprint density at radius 1 is 0.909 bits per heavy atom. The van der Waals surface area contributed by atoms with Crippen LogP contribution in [0.4, 0.5) is 0 Å². The summed E-state index contributed by atoms with van der Waals surface area (Å²) in [7, 11) is 0. The zero-order valence-corrected chi connectivity index (χ0v) is 8.08. The number of hydrogen-bond donors (Lipinski definition) is 1. The minimum Gasteiger partial charge on any atom is -0.363 e. The number of rotatable bonds is 0. The predicted molar refractivity (Wildman–Crippen MR) is 49.0 cm³/mol. The Morgan fingerprint density at radius 2 is 1.27 bits per heavy atom. The van der Waals surface area contributed by atoms with Crippen molar-refractivity contribution in [3.8, 4) is 0 Å². The molecule has 0 radical (unpaired) electrons. The lowest BCUT2D eigenvalue weighted by molar-refractivity contribution is 0.703. The van der Waals surface area contributed by atoms with Gasteiger partial charge in [0.05, 0.1) is 0 Å². The van der Waals surface area contributed by atoms with Crippen LogP contribution in [0.2, 0.25) is 0 Å². The van der Waals surface area contributed by atoms with Crippen molar-refractivity contribution in [1.29, 1.82) is 0 Å². The van der Waals surface area contributed by atoms with E-state index in [-0.39, 0.29) is 0 Å². The smallest absolute Gasteiger partial charge is 0.0112 e. The van der Waals surface area contributed by atoms with Gasteiger partial charge in [0.25, 0.3) is 0 Å². The third-order valence-corrected chi connectivity index (χ3v) is 2.86. The van der Waals surface area contributed by atoms with Gasteiger partial charge in [0.1, 0.15) is 0 Å². The molecule has 0 aromatic carbocycles. The summed E-state index contributed by atoms with van der Waals surface area (Å²) >= 11 is 0. The van der Waals surface area contributed by atoms with Crippen molar-refractivity contribution in [3.05, 3.63) is 22.5 Å². The monoisotopic (exact) mass is 151 g/mol. The maximum absolute atomic E-state index is 3.37. The van der Waals surface area contributed by atoms with Crippen molar-refractivity contribution in [1.82, 2.24) is 5.32 Å². The highest BCUT2D eigenvalue weighted by Gasteiger charge is 2.16. The zero-order valence-electron chi connectivity index (χ0n) is 8.08. The Balaban J connectivity index is 2.98. The Morgan fingerprint density at radius 3 is 1.64 bits per heavy atom. The van der Waals surface area contributed by atoms with Gasteiger partial charge in [0.15, 0.2) is 0 Å². The molecule has 1 aliphatic heterocycles. The lowest BCUT2D eigenvalue weighted by atomic mass is 9.89. The van der Waals surface area contributed by atoms with E-state index in [1.807, 2.05) is 0 Å². The van der Waals surface area contributed by atoms with E-state index in [1.54, 1.807) is 0 Å². The minimum absolute atomic E-state index is 0.622. The van der Waals surface area contributed by atoms with Gasteiger partial charge in [-0.25, -0.2) is 0 Å². The summed E-state index contributed by atoms with van der Waals surface area (Å²) < 4.78 is 0. The molecular weight excluding hydrogens is 134 g/mol. The second-order valence-corrected chi connectivity index (χ2v) is 3.46. The molecule has 0 fully saturated rings. The van der Waals surface area contributed by atoms with E-state index >= 15 is 0 Å². The van der Waals surface area contributed by atoms with Crippen LogP contribution in [0.1, 0.15) is 34.6 Å². The summed E-state index contributed by atoms with van der Waals surface area (Å²) in [5, 5.41) is 3.37. The molecule has 0 aliphatic carbocycles. The van der Waals surface area contributed by atoms with Gasteiger partial charge in [-0.05, 0) is 38.8 Å². The predicted octanol–water partition coefficient (Wildman–Crippen LogP) is 2.81. The summed E-state index contributed by atoms with van der Waals surface area (Å²) in [6, 6.07) is 0. The normalized spacial score (nSPS) is 20.8. The summed E-state index contributed by atoms with van der Waals surface area (Å²) in [5.74, 6) is 0.622. The van der Waals surface area contributed by atoms with Crippen LogP contribution in [0.25, 0.3) is 0 Å². The van der Waals surface area contributed by atoms with Crippen LogP contribution in [-0.2, 0) is 0 Å². The van der Waals surface area contributed by atoms with Crippen molar-refractivity contribution in [3.63, 3.8) is 0 Å². The van der Waals surface area contributed by atoms with Crippen LogP contribution in [0.15, 0.2) is 22.5 Å². The fraction of sp³-hybridized carbons (Fsp3) is 0.600. The highest BCUT2D eigenvalue weighted by molar-refractivity contribution is 5.31. The second-order valence-electron chi connectivity index (χ2n) is 3.46. The van der Waals surface area contributed by atoms with Crippen LogP contribution in [-0.4, -0.2) is 0 Å². The second kappa shape index (κ2) is 2.72. The molecule has 0 saturated carbocycles. The molecule has 0 bridgehead atoms. The van der Waals surface area contributed by atoms with Crippen LogP contribution >= 0.6 is 0 Å². The minimum atomic E-state index is 0.622. The van der Waals surface area contributed by atoms with Crippen molar-refractivity contribution in [2.45, 2.75) is 34.6 Å². The van der Waals surface area contributed by atoms with Crippen LogP contribution in [0, 0.1) is 5.92 Å². The first-order valence-corrected chi connectivity index (χ1v) is 4.15. The van der Waals surface area contributed by atoms with Crippen molar-refractivity contribution < 1.29 is 0 Å². The van der Waals surface area contributed by atoms with E-state index in [1.165, 1.54) is 22.5 Å². The lowest BCUT2D eigenvalue weighted by Crippen LogP contribution is -2.21. The molecule has 1 nitrogen and oxygen atoms in total. The Labute approximate surface area is 69.2 Å². The summed E-state index contributed by atoms with van der Waals surface area (Å²) in [5.41, 5.74) is 5.57. The van der Waals surface area contributed by atoms with Gasteiger partial charge in [-0.2, -0.15) is 0 Å². The zero-order chi connectivity index (χ0) is 8.59. The molecule has 11 heavy (non-hydrogen) atoms. The summed E-state index contributed by atoms with van der Waals surface area (Å²) in [4.78, 5) is 0. The number of allylic oxidation sites excluding steroid dienone is 4. The molecule has 1 heterocycles. The van der Waals surface area contributed by atoms with Gasteiger partial charge in [0, 0.05) is 17.3 Å². The van der Waals surface area contributed by atoms with Gasteiger partial charge < -0.3 is 5.32 Å². The van der Waals surface area contributed by atoms with Crippen molar-refractivity contribution in [2.75, 3.05) is 0 Å². The topological polar surface area (TPSA) is 12.0 Å². The van der Waals surface area contributed by atoms with Crippen molar-refractivity contribution >= 4 is 0 Å². The van der Waals surface area contributed by atoms with E-state index in [9.17, 15) is 0 Å². The van der Waals surface area contributed by atoms with Crippen LogP contribution in [0.3, 0.4) is 0 Å². The molecule has 0 saturated heterocycles. The standard InChI is InChI=1S/C10H17N/c1-6-7(2)9(4)11-10(5)8(6)3/h6,11H,1-5H3. The molecule has 0 amide bonds. The molecule has 1 aliphatic rings. The first-order chi connectivity index (χ1) is 5.04. The maximum atomic E-state index is 3.37. The van der Waals surface area contributed by atoms with E-state index in [4.69, 9.17) is 0 Å². The number of hydrogen-bond acceptors (Lipinski definition) is 1. The van der Waals surface area contributed by atoms with Crippen molar-refractivity contribution in [2.24, 2.45) is 5.92 Å². The third kappa shape index (κ3) is 1.32. The first-order valence-electron chi connectivity index (χ1n) is 4.15. The largest absolute Gasteiger partial charge is 0.363 e. The molecule has 0 aromatic heterocycles. The SMILES string of the molecule is CC1=C(C)C(C)C(C)=C(C)N1. The number of dihydropyridines is 1. The fourth-order valence-electron chi connectivity index (χ4n) is 1.45. The molecular formula is C10H17N. The van der Waals surface area contributed by atoms with Gasteiger partial charge in [-0.15, -0.1) is 0 Å². The lowest BCUT2D eigenvalue weighted by Gasteiger charge is -2.26. The molecule has 0 spiro atoms. The quantitative estimate of drug-likeness (QED) is 0.561. The molecule has 0 aromatic rings. The molecule has 0 atom stereocenters. The van der Waals surface area contributed by atoms with Gasteiger partial charge in [0.2, 0.25) is 0 Å². The maximum Gasteiger partial charge on any atom is 0.0112 e. The Hall–Kier alpha value is -0.720. The average molecular weight is 151 g/mol. The van der Waals surface area contributed by atoms with E-state index in [0.717, 1.165) is 0 Å². The first kappa shape index (κ1) is 8.38. The summed E-state index contributed by atoms with van der Waals surface area (Å²) in [6.45, 7) is 10.9. The van der Waals surface area contributed by atoms with Gasteiger partial charge in [-0.1, -0.05) is 6.92 Å². The molecule has 0 unspecified atom stereocenters. The Bertz CT molecular complexity index is 209. The van der Waals surface area contributed by atoms with E-state index < -0.39 is 0 Å². The highest BCUT2D eigenvalue weighted by Crippen LogP contribution is 2.27. The molecule has 1 rings (SSSR count). The molecule has 62 valence electrons. The third-order valence-electron chi connectivity index (χ3n) is 2.86. The van der Waals surface area contributed by atoms with E-state index in [2.05, 4.69) is 39.9 Å².